The number of hydrogen-bond donors (Lipinski definition) is 2. The van der Waals surface area contributed by atoms with E-state index in [0.29, 0.717) is 33.5 Å². The van der Waals surface area contributed by atoms with Crippen LogP contribution in [0.4, 0.5) is 14.5 Å². The van der Waals surface area contributed by atoms with Crippen molar-refractivity contribution >= 4 is 34.4 Å². The number of H-pyrrole nitrogens is 1. The number of thioether (sulfide) groups is 1. The average Bonchev–Trinajstić information content (AvgIpc) is 3.52. The second kappa shape index (κ2) is 11.0. The molecule has 1 amide bonds. The Morgan fingerprint density at radius 1 is 1.12 bits per heavy atom. The summed E-state index contributed by atoms with van der Waals surface area (Å²) < 4.78 is 38.1. The number of aromatic nitrogens is 5. The summed E-state index contributed by atoms with van der Waals surface area (Å²) >= 11 is 1.39. The van der Waals surface area contributed by atoms with Gasteiger partial charge in [0.15, 0.2) is 17.4 Å². The second-order valence-electron chi connectivity index (χ2n) is 9.33. The smallest absolute Gasteiger partial charge is 0.329 e. The summed E-state index contributed by atoms with van der Waals surface area (Å²) in [5.41, 5.74) is 3.17. The number of amides is 1. The summed E-state index contributed by atoms with van der Waals surface area (Å²) in [6, 6.07) is 11.3. The fourth-order valence-corrected chi connectivity index (χ4v) is 5.06. The van der Waals surface area contributed by atoms with Crippen molar-refractivity contribution in [3.8, 4) is 16.9 Å². The fraction of sp³-hybridized carbons (Fsp3) is 0.214. The molecule has 0 atom stereocenters. The van der Waals surface area contributed by atoms with Crippen molar-refractivity contribution in [2.45, 2.75) is 31.9 Å². The Morgan fingerprint density at radius 3 is 2.60 bits per heavy atom. The zero-order valence-electron chi connectivity index (χ0n) is 22.2. The highest BCUT2D eigenvalue weighted by Gasteiger charge is 2.20. The molecule has 0 aliphatic carbocycles. The summed E-state index contributed by atoms with van der Waals surface area (Å²) in [6.45, 7) is 3.28. The first kappa shape index (κ1) is 27.1. The summed E-state index contributed by atoms with van der Waals surface area (Å²) in [5, 5.41) is 8.97. The molecule has 206 valence electrons. The van der Waals surface area contributed by atoms with Gasteiger partial charge in [-0.1, -0.05) is 0 Å². The Morgan fingerprint density at radius 2 is 1.93 bits per heavy atom. The number of nitrogens with zero attached hydrogens (tertiary/aromatic N) is 4. The van der Waals surface area contributed by atoms with Gasteiger partial charge in [-0.25, -0.2) is 18.6 Å². The Bertz CT molecular complexity index is 1770. The molecule has 2 N–H and O–H groups in total. The molecular weight excluding hydrogens is 538 g/mol. The van der Waals surface area contributed by atoms with E-state index in [1.165, 1.54) is 45.4 Å². The number of ether oxygens (including phenoxy) is 1. The van der Waals surface area contributed by atoms with Crippen LogP contribution in [-0.2, 0) is 25.0 Å². The fourth-order valence-electron chi connectivity index (χ4n) is 4.64. The van der Waals surface area contributed by atoms with Gasteiger partial charge in [0.2, 0.25) is 5.91 Å². The molecule has 12 heteroatoms. The lowest BCUT2D eigenvalue weighted by Gasteiger charge is -2.13. The van der Waals surface area contributed by atoms with Gasteiger partial charge < -0.3 is 10.1 Å². The Kier molecular flexibility index (Phi) is 7.44. The van der Waals surface area contributed by atoms with Crippen molar-refractivity contribution in [1.82, 2.24) is 24.3 Å². The average molecular weight is 565 g/mol. The highest BCUT2D eigenvalue weighted by Crippen LogP contribution is 2.34. The first-order chi connectivity index (χ1) is 19.2. The van der Waals surface area contributed by atoms with Gasteiger partial charge >= 0.3 is 5.69 Å². The predicted octanol–water partition coefficient (Wildman–Crippen LogP) is 4.96. The van der Waals surface area contributed by atoms with Gasteiger partial charge in [0, 0.05) is 17.5 Å². The van der Waals surface area contributed by atoms with E-state index >= 15 is 4.39 Å². The van der Waals surface area contributed by atoms with Gasteiger partial charge in [0.05, 0.1) is 16.7 Å². The van der Waals surface area contributed by atoms with E-state index in [1.54, 1.807) is 32.2 Å². The number of nitrogens with one attached hydrogen (secondary N) is 2. The third-order valence-electron chi connectivity index (χ3n) is 6.49. The van der Waals surface area contributed by atoms with E-state index in [2.05, 4.69) is 20.5 Å². The van der Waals surface area contributed by atoms with Crippen LogP contribution in [0, 0.1) is 25.5 Å². The van der Waals surface area contributed by atoms with Gasteiger partial charge in [0.25, 0.3) is 0 Å². The van der Waals surface area contributed by atoms with Crippen LogP contribution in [-0.4, -0.2) is 36.5 Å². The van der Waals surface area contributed by atoms with Crippen LogP contribution in [0.25, 0.3) is 22.2 Å². The molecule has 0 saturated heterocycles. The quantitative estimate of drug-likeness (QED) is 0.258. The number of fused-ring (bicyclic) bond motifs is 1. The molecule has 0 fully saturated rings. The molecule has 9 nitrogen and oxygen atoms in total. The molecule has 0 bridgehead atoms. The van der Waals surface area contributed by atoms with Crippen LogP contribution in [0.1, 0.15) is 17.0 Å². The zero-order chi connectivity index (χ0) is 28.6. The molecule has 40 heavy (non-hydrogen) atoms. The number of anilines is 1. The van der Waals surface area contributed by atoms with Crippen LogP contribution in [0.2, 0.25) is 0 Å². The number of benzene rings is 3. The Balaban J connectivity index is 1.49. The minimum atomic E-state index is -0.567. The minimum Gasteiger partial charge on any atom is -0.482 e. The van der Waals surface area contributed by atoms with Crippen LogP contribution in [0.15, 0.2) is 58.5 Å². The maximum absolute atomic E-state index is 15.2. The maximum Gasteiger partial charge on any atom is 0.329 e. The molecule has 2 heterocycles. The highest BCUT2D eigenvalue weighted by atomic mass is 32.2. The van der Waals surface area contributed by atoms with E-state index in [9.17, 15) is 14.0 Å². The lowest BCUT2D eigenvalue weighted by atomic mass is 9.99. The number of carbonyl (C=O) groups excluding carboxylic acids is 1. The molecule has 0 aliphatic heterocycles. The van der Waals surface area contributed by atoms with Gasteiger partial charge in [-0.15, -0.1) is 11.8 Å². The summed E-state index contributed by atoms with van der Waals surface area (Å²) in [4.78, 5) is 30.9. The van der Waals surface area contributed by atoms with Crippen LogP contribution in [0.5, 0.6) is 5.75 Å². The van der Waals surface area contributed by atoms with E-state index in [4.69, 9.17) is 4.74 Å². The normalized spacial score (nSPS) is 11.2. The van der Waals surface area contributed by atoms with E-state index < -0.39 is 23.2 Å². The number of rotatable bonds is 8. The lowest BCUT2D eigenvalue weighted by molar-refractivity contribution is -0.116. The Hall–Kier alpha value is -4.45. The molecule has 0 saturated carbocycles. The van der Waals surface area contributed by atoms with Gasteiger partial charge in [-0.3, -0.25) is 19.0 Å². The molecule has 5 rings (SSSR count). The minimum absolute atomic E-state index is 0.0246. The van der Waals surface area contributed by atoms with E-state index in [-0.39, 0.29) is 24.6 Å². The van der Waals surface area contributed by atoms with Crippen molar-refractivity contribution < 1.29 is 18.3 Å². The standard InChI is InChI=1S/C28H26F2N6O3S/c1-15-7-19(17-9-16(2)27(21(30)10-17)39-13-24-31-14-32-34-24)26-23(8-15)36(28(38)35(26)3)12-25(37)33-22-6-5-18(40-4)11-20(22)29/h5-11,14H,12-13H2,1-4H3,(H,33,37)(H,31,32,34). The SMILES string of the molecule is CSc1ccc(NC(=O)Cn2c(=O)n(C)c3c(-c4cc(C)c(OCc5ncn[nH]5)c(F)c4)cc(C)cc32)c(F)c1. The van der Waals surface area contributed by atoms with Crippen LogP contribution in [0.3, 0.4) is 0 Å². The van der Waals surface area contributed by atoms with E-state index in [0.717, 1.165) is 10.5 Å². The number of aryl methyl sites for hydroxylation is 3. The van der Waals surface area contributed by atoms with Gasteiger partial charge in [-0.05, 0) is 79.3 Å². The number of halogens is 2. The monoisotopic (exact) mass is 564 g/mol. The first-order valence-corrected chi connectivity index (χ1v) is 13.5. The summed E-state index contributed by atoms with van der Waals surface area (Å²) in [5.74, 6) is -1.13. The van der Waals surface area contributed by atoms with Crippen molar-refractivity contribution in [2.24, 2.45) is 7.05 Å². The molecule has 5 aromatic rings. The number of hydrogen-bond acceptors (Lipinski definition) is 6. The predicted molar refractivity (Wildman–Crippen MR) is 150 cm³/mol. The molecule has 2 aromatic heterocycles. The third kappa shape index (κ3) is 5.22. The molecular formula is C28H26F2N6O3S. The van der Waals surface area contributed by atoms with E-state index in [1.807, 2.05) is 19.2 Å². The number of carbonyl (C=O) groups is 1. The van der Waals surface area contributed by atoms with Crippen molar-refractivity contribution in [3.63, 3.8) is 0 Å². The molecule has 0 radical (unpaired) electrons. The number of aromatic amines is 1. The molecule has 0 aliphatic rings. The zero-order valence-corrected chi connectivity index (χ0v) is 23.0. The number of imidazole rings is 1. The van der Waals surface area contributed by atoms with Gasteiger partial charge in [0.1, 0.15) is 25.3 Å². The largest absolute Gasteiger partial charge is 0.482 e. The Labute approximate surface area is 232 Å². The van der Waals surface area contributed by atoms with Crippen LogP contribution >= 0.6 is 11.8 Å². The molecule has 0 unspecified atom stereocenters. The summed E-state index contributed by atoms with van der Waals surface area (Å²) in [7, 11) is 1.59. The van der Waals surface area contributed by atoms with Crippen LogP contribution < -0.4 is 15.7 Å². The van der Waals surface area contributed by atoms with Crippen molar-refractivity contribution in [3.05, 3.63) is 87.9 Å². The van der Waals surface area contributed by atoms with Crippen molar-refractivity contribution in [1.29, 1.82) is 0 Å². The molecule has 0 spiro atoms. The van der Waals surface area contributed by atoms with Crippen molar-refractivity contribution in [2.75, 3.05) is 11.6 Å². The maximum atomic E-state index is 15.2. The first-order valence-electron chi connectivity index (χ1n) is 12.3. The third-order valence-corrected chi connectivity index (χ3v) is 7.21. The highest BCUT2D eigenvalue weighted by molar-refractivity contribution is 7.98. The van der Waals surface area contributed by atoms with Gasteiger partial charge in [-0.2, -0.15) is 5.10 Å². The summed E-state index contributed by atoms with van der Waals surface area (Å²) in [6.07, 6.45) is 3.17. The topological polar surface area (TPSA) is 107 Å². The molecule has 3 aromatic carbocycles. The second-order valence-corrected chi connectivity index (χ2v) is 10.2. The lowest BCUT2D eigenvalue weighted by Crippen LogP contribution is -2.28.